The zero-order valence-electron chi connectivity index (χ0n) is 40.6. The Morgan fingerprint density at radius 3 is 1.11 bits per heavy atom. The van der Waals surface area contributed by atoms with E-state index in [1.165, 1.54) is 10.8 Å². The molecule has 4 heteroatoms. The Bertz CT molecular complexity index is 3480. The number of hydrogen-bond donors (Lipinski definition) is 0. The van der Waals surface area contributed by atoms with Gasteiger partial charge in [-0.25, -0.2) is 0 Å². The lowest BCUT2D eigenvalue weighted by Gasteiger charge is -2.30. The van der Waals surface area contributed by atoms with E-state index in [0.717, 1.165) is 91.4 Å². The summed E-state index contributed by atoms with van der Waals surface area (Å²) in [5.74, 6) is 0. The molecule has 0 bridgehead atoms. The minimum Gasteiger partial charge on any atom is -0.314 e. The summed E-state index contributed by atoms with van der Waals surface area (Å²) in [6.45, 7) is 4.22. The molecule has 0 atom stereocenters. The molecular weight excluding hydrogens is 885 g/mol. The largest absolute Gasteiger partial charge is 0.314 e. The van der Waals surface area contributed by atoms with Gasteiger partial charge in [0.1, 0.15) is 0 Å². The number of anilines is 11. The maximum Gasteiger partial charge on any atom is 0.0540 e. The first-order valence-electron chi connectivity index (χ1n) is 24.8. The second kappa shape index (κ2) is 21.6. The van der Waals surface area contributed by atoms with E-state index < -0.39 is 0 Å². The molecule has 73 heavy (non-hydrogen) atoms. The Kier molecular flexibility index (Phi) is 13.5. The van der Waals surface area contributed by atoms with Gasteiger partial charge >= 0.3 is 0 Å². The molecule has 0 N–H and O–H groups in total. The molecule has 0 fully saturated rings. The molecule has 0 saturated carbocycles. The molecule has 0 unspecified atom stereocenters. The average molecular weight is 939 g/mol. The van der Waals surface area contributed by atoms with Crippen LogP contribution in [0.25, 0.3) is 21.9 Å². The highest BCUT2D eigenvalue weighted by molar-refractivity contribution is 5.99. The number of allylic oxidation sites excluding steroid dienone is 8. The van der Waals surface area contributed by atoms with Gasteiger partial charge < -0.3 is 19.6 Å². The molecule has 0 spiro atoms. The van der Waals surface area contributed by atoms with Gasteiger partial charge in [0.05, 0.1) is 5.69 Å². The Balaban J connectivity index is 0.932. The molecular formula is C69H54N4. The minimum absolute atomic E-state index is 0.737. The molecule has 1 aliphatic rings. The van der Waals surface area contributed by atoms with E-state index in [9.17, 15) is 0 Å². The standard InChI is InChI=1S/C69H54N4/c1-53-21-7-2-8-33-61(34-19-22-53)72(65-47-45-63(46-48-65)70(57-25-9-3-10-26-57)58-27-11-4-12-28-58)62-41-37-54(38-42-62)55-39-43-66(44-40-55)73(69-36-20-24-56-23-17-18-35-68(56)69)67-51-49-64(50-52-67)71(59-29-13-5-14-30-59)60-31-15-6-16-32-60/h2-32,34-52H,1,33H2/b8-2-,21-7-,22-19?,61-34+. The maximum atomic E-state index is 4.22. The molecule has 11 rings (SSSR count). The van der Waals surface area contributed by atoms with Gasteiger partial charge in [-0.15, -0.1) is 0 Å². The third-order valence-corrected chi connectivity index (χ3v) is 13.2. The van der Waals surface area contributed by atoms with Crippen molar-refractivity contribution in [2.75, 3.05) is 19.6 Å². The third kappa shape index (κ3) is 10.2. The predicted octanol–water partition coefficient (Wildman–Crippen LogP) is 19.6. The quantitative estimate of drug-likeness (QED) is 0.114. The normalized spacial score (nSPS) is 13.9. The molecule has 0 heterocycles. The monoisotopic (exact) mass is 938 g/mol. The van der Waals surface area contributed by atoms with E-state index in [2.05, 4.69) is 323 Å². The molecule has 0 aromatic heterocycles. The minimum atomic E-state index is 0.737. The predicted molar refractivity (Wildman–Crippen MR) is 311 cm³/mol. The molecule has 4 nitrogen and oxygen atoms in total. The Labute approximate surface area is 429 Å². The third-order valence-electron chi connectivity index (χ3n) is 13.2. The van der Waals surface area contributed by atoms with Crippen molar-refractivity contribution in [3.05, 3.63) is 321 Å². The summed E-state index contributed by atoms with van der Waals surface area (Å²) in [6.07, 6.45) is 15.5. The van der Waals surface area contributed by atoms with E-state index in [1.807, 2.05) is 6.08 Å². The second-order valence-corrected chi connectivity index (χ2v) is 17.9. The number of fused-ring (bicyclic) bond motifs is 1. The molecule has 0 aliphatic heterocycles. The van der Waals surface area contributed by atoms with Crippen molar-refractivity contribution >= 4 is 73.3 Å². The summed E-state index contributed by atoms with van der Waals surface area (Å²) in [5.41, 5.74) is 16.3. The zero-order valence-corrected chi connectivity index (χ0v) is 40.6. The molecule has 0 amide bonds. The van der Waals surface area contributed by atoms with Crippen molar-refractivity contribution in [2.45, 2.75) is 6.42 Å². The van der Waals surface area contributed by atoms with Crippen LogP contribution < -0.4 is 19.6 Å². The van der Waals surface area contributed by atoms with E-state index >= 15 is 0 Å². The van der Waals surface area contributed by atoms with Gasteiger partial charge in [0.15, 0.2) is 0 Å². The van der Waals surface area contributed by atoms with Crippen molar-refractivity contribution in [3.63, 3.8) is 0 Å². The topological polar surface area (TPSA) is 13.0 Å². The smallest absolute Gasteiger partial charge is 0.0540 e. The zero-order chi connectivity index (χ0) is 49.2. The summed E-state index contributed by atoms with van der Waals surface area (Å²) >= 11 is 0. The highest BCUT2D eigenvalue weighted by Crippen LogP contribution is 2.43. The van der Waals surface area contributed by atoms with Gasteiger partial charge in [0.25, 0.3) is 0 Å². The fraction of sp³-hybridized carbons (Fsp3) is 0.0145. The summed E-state index contributed by atoms with van der Waals surface area (Å²) in [5, 5.41) is 2.38. The van der Waals surface area contributed by atoms with Crippen LogP contribution in [-0.2, 0) is 0 Å². The lowest BCUT2D eigenvalue weighted by atomic mass is 10.0. The first-order valence-corrected chi connectivity index (χ1v) is 24.8. The van der Waals surface area contributed by atoms with E-state index in [-0.39, 0.29) is 0 Å². The summed E-state index contributed by atoms with van der Waals surface area (Å²) in [4.78, 5) is 9.33. The van der Waals surface area contributed by atoms with Gasteiger partial charge in [-0.1, -0.05) is 176 Å². The van der Waals surface area contributed by atoms with Crippen molar-refractivity contribution in [3.8, 4) is 11.1 Å². The number of nitrogens with zero attached hydrogens (tertiary/aromatic N) is 4. The van der Waals surface area contributed by atoms with Gasteiger partial charge in [-0.05, 0) is 156 Å². The van der Waals surface area contributed by atoms with Crippen LogP contribution >= 0.6 is 0 Å². The van der Waals surface area contributed by atoms with Crippen LogP contribution in [0.4, 0.5) is 62.6 Å². The Morgan fingerprint density at radius 1 is 0.288 bits per heavy atom. The first-order chi connectivity index (χ1) is 36.1. The Hall–Kier alpha value is -9.64. The van der Waals surface area contributed by atoms with Crippen LogP contribution in [0.3, 0.4) is 0 Å². The number of rotatable bonds is 13. The number of benzene rings is 10. The highest BCUT2D eigenvalue weighted by Gasteiger charge is 2.20. The lowest BCUT2D eigenvalue weighted by molar-refractivity contribution is 1.08. The molecule has 350 valence electrons. The molecule has 10 aromatic rings. The van der Waals surface area contributed by atoms with E-state index in [0.29, 0.717) is 0 Å². The average Bonchev–Trinajstić information content (AvgIpc) is 3.45. The summed E-state index contributed by atoms with van der Waals surface area (Å²) < 4.78 is 0. The van der Waals surface area contributed by atoms with Crippen LogP contribution in [-0.4, -0.2) is 0 Å². The second-order valence-electron chi connectivity index (χ2n) is 17.9. The molecule has 10 aromatic carbocycles. The number of hydrogen-bond acceptors (Lipinski definition) is 4. The van der Waals surface area contributed by atoms with Crippen molar-refractivity contribution < 1.29 is 0 Å². The van der Waals surface area contributed by atoms with Crippen molar-refractivity contribution in [2.24, 2.45) is 0 Å². The van der Waals surface area contributed by atoms with Gasteiger partial charge in [0, 0.05) is 74.4 Å². The van der Waals surface area contributed by atoms with Crippen LogP contribution in [0.1, 0.15) is 6.42 Å². The van der Waals surface area contributed by atoms with Crippen molar-refractivity contribution in [1.82, 2.24) is 0 Å². The molecule has 1 aliphatic carbocycles. The van der Waals surface area contributed by atoms with Gasteiger partial charge in [-0.3, -0.25) is 0 Å². The molecule has 0 radical (unpaired) electrons. The summed E-state index contributed by atoms with van der Waals surface area (Å²) in [6, 6.07) is 93.1. The number of para-hydroxylation sites is 4. The van der Waals surface area contributed by atoms with Crippen LogP contribution in [0, 0.1) is 0 Å². The van der Waals surface area contributed by atoms with Gasteiger partial charge in [0.2, 0.25) is 0 Å². The fourth-order valence-electron chi connectivity index (χ4n) is 9.64. The maximum absolute atomic E-state index is 4.22. The van der Waals surface area contributed by atoms with Crippen molar-refractivity contribution in [1.29, 1.82) is 0 Å². The lowest BCUT2D eigenvalue weighted by Crippen LogP contribution is -2.16. The Morgan fingerprint density at radius 2 is 0.644 bits per heavy atom. The van der Waals surface area contributed by atoms with Gasteiger partial charge in [-0.2, -0.15) is 0 Å². The van der Waals surface area contributed by atoms with E-state index in [4.69, 9.17) is 0 Å². The van der Waals surface area contributed by atoms with Crippen LogP contribution in [0.5, 0.6) is 0 Å². The van der Waals surface area contributed by atoms with E-state index in [1.54, 1.807) is 0 Å². The highest BCUT2D eigenvalue weighted by atomic mass is 15.2. The summed E-state index contributed by atoms with van der Waals surface area (Å²) in [7, 11) is 0. The molecule has 0 saturated heterocycles. The SMILES string of the molecule is C=C1C=C/C=C(/N(c2ccc(-c3ccc(N(c4ccc(N(c5ccccc5)c5ccccc5)cc4)c4cccc5ccccc45)cc3)cc2)c2ccc(N(c3ccccc3)c3ccccc3)cc2)C/C=C\C=C/1. The first kappa shape index (κ1) is 45.8. The van der Waals surface area contributed by atoms with Crippen LogP contribution in [0.15, 0.2) is 321 Å². The van der Waals surface area contributed by atoms with Crippen LogP contribution in [0.2, 0.25) is 0 Å². The fourth-order valence-corrected chi connectivity index (χ4v) is 9.64.